The van der Waals surface area contributed by atoms with E-state index in [0.29, 0.717) is 25.8 Å². The molecule has 2 aromatic carbocycles. The summed E-state index contributed by atoms with van der Waals surface area (Å²) in [7, 11) is -4.30. The van der Waals surface area contributed by atoms with Crippen LogP contribution in [0.5, 0.6) is 0 Å². The van der Waals surface area contributed by atoms with Gasteiger partial charge in [0.2, 0.25) is 16.0 Å². The zero-order valence-electron chi connectivity index (χ0n) is 23.3. The fourth-order valence-electron chi connectivity index (χ4n) is 5.16. The molecule has 10 nitrogen and oxygen atoms in total. The van der Waals surface area contributed by atoms with Gasteiger partial charge in [0.25, 0.3) is 5.56 Å². The second kappa shape index (κ2) is 11.5. The van der Waals surface area contributed by atoms with Crippen LogP contribution >= 0.6 is 0 Å². The molecule has 1 aliphatic rings. The average Bonchev–Trinajstić information content (AvgIpc) is 2.93. The first-order valence-corrected chi connectivity index (χ1v) is 15.2. The lowest BCUT2D eigenvalue weighted by Crippen LogP contribution is -2.46. The SMILES string of the molecule is CC(C)n1c(=O)c(-c2c(F)c(F)c(NS(C)(=O)=O)c(F)c2-c2ccccc2F)cc2cnc(N[C@H]3CNC[C@@H](O)C3)nc21. The van der Waals surface area contributed by atoms with Crippen molar-refractivity contribution in [3.63, 3.8) is 0 Å². The van der Waals surface area contributed by atoms with E-state index in [9.17, 15) is 18.3 Å². The molecule has 4 aromatic rings. The second-order valence-electron chi connectivity index (χ2n) is 10.6. The van der Waals surface area contributed by atoms with Gasteiger partial charge in [-0.25, -0.2) is 31.0 Å². The molecule has 2 aromatic heterocycles. The Labute approximate surface area is 243 Å². The molecule has 4 N–H and O–H groups in total. The Morgan fingerprint density at radius 3 is 2.40 bits per heavy atom. The summed E-state index contributed by atoms with van der Waals surface area (Å²) in [4.78, 5) is 22.7. The number of hydrogen-bond donors (Lipinski definition) is 4. The maximum absolute atomic E-state index is 16.0. The number of halogens is 4. The third kappa shape index (κ3) is 5.92. The predicted molar refractivity (Wildman–Crippen MR) is 154 cm³/mol. The smallest absolute Gasteiger partial charge is 0.260 e. The number of aliphatic hydroxyl groups excluding tert-OH is 1. The van der Waals surface area contributed by atoms with Crippen molar-refractivity contribution in [2.24, 2.45) is 0 Å². The third-order valence-corrected chi connectivity index (χ3v) is 7.55. The van der Waals surface area contributed by atoms with Crippen molar-refractivity contribution in [1.29, 1.82) is 0 Å². The van der Waals surface area contributed by atoms with E-state index < -0.39 is 78.9 Å². The molecule has 2 atom stereocenters. The maximum Gasteiger partial charge on any atom is 0.260 e. The molecule has 0 spiro atoms. The first kappa shape index (κ1) is 30.4. The Hall–Kier alpha value is -4.08. The Bertz CT molecular complexity index is 1900. The monoisotopic (exact) mass is 620 g/mol. The number of fused-ring (bicyclic) bond motifs is 1. The number of aliphatic hydroxyl groups is 1. The van der Waals surface area contributed by atoms with E-state index in [4.69, 9.17) is 0 Å². The number of piperidine rings is 1. The molecule has 0 amide bonds. The summed E-state index contributed by atoms with van der Waals surface area (Å²) in [5.41, 5.74) is -4.91. The maximum atomic E-state index is 16.0. The first-order valence-electron chi connectivity index (χ1n) is 13.3. The topological polar surface area (TPSA) is 138 Å². The highest BCUT2D eigenvalue weighted by molar-refractivity contribution is 7.92. The summed E-state index contributed by atoms with van der Waals surface area (Å²) in [5.74, 6) is -6.15. The van der Waals surface area contributed by atoms with Gasteiger partial charge in [0.15, 0.2) is 17.5 Å². The summed E-state index contributed by atoms with van der Waals surface area (Å²) >= 11 is 0. The average molecular weight is 621 g/mol. The lowest BCUT2D eigenvalue weighted by Gasteiger charge is -2.27. The molecule has 43 heavy (non-hydrogen) atoms. The minimum atomic E-state index is -4.30. The number of nitrogens with one attached hydrogen (secondary N) is 3. The summed E-state index contributed by atoms with van der Waals surface area (Å²) in [6.45, 7) is 4.28. The Kier molecular flexibility index (Phi) is 8.15. The zero-order chi connectivity index (χ0) is 31.2. The van der Waals surface area contributed by atoms with E-state index in [-0.39, 0.29) is 23.0 Å². The van der Waals surface area contributed by atoms with E-state index in [1.54, 1.807) is 18.6 Å². The van der Waals surface area contributed by atoms with Gasteiger partial charge in [-0.3, -0.25) is 14.1 Å². The first-order chi connectivity index (χ1) is 20.3. The predicted octanol–water partition coefficient (Wildman–Crippen LogP) is 3.77. The molecule has 0 aliphatic carbocycles. The van der Waals surface area contributed by atoms with Crippen LogP contribution in [0.4, 0.5) is 29.2 Å². The molecular weight excluding hydrogens is 592 g/mol. The Morgan fingerprint density at radius 2 is 1.74 bits per heavy atom. The summed E-state index contributed by atoms with van der Waals surface area (Å²) in [5, 5.41) is 16.3. The van der Waals surface area contributed by atoms with Gasteiger partial charge < -0.3 is 15.7 Å². The zero-order valence-corrected chi connectivity index (χ0v) is 24.1. The van der Waals surface area contributed by atoms with E-state index in [1.165, 1.54) is 22.9 Å². The fraction of sp³-hybridized carbons (Fsp3) is 0.321. The molecular formula is C28H28F4N6O4S. The number of aromatic nitrogens is 3. The molecule has 0 saturated carbocycles. The van der Waals surface area contributed by atoms with E-state index in [1.807, 2.05) is 0 Å². The molecule has 228 valence electrons. The minimum Gasteiger partial charge on any atom is -0.392 e. The standard InChI is InChI=1S/C28H28F4N6O4S/c1-13(2)38-26-14(10-34-28(36-26)35-15-9-16(39)12-33-11-15)8-18(27(38)40)21-20(17-6-4-5-7-19(17)29)23(31)25(24(32)22(21)30)37-43(3,41)42/h4-8,10,13,15-16,33,37,39H,9,11-12H2,1-3H3,(H,34,35,36)/t15-,16+/m1/s1. The summed E-state index contributed by atoms with van der Waals surface area (Å²) in [6, 6.07) is 5.03. The van der Waals surface area contributed by atoms with E-state index in [2.05, 4.69) is 20.6 Å². The van der Waals surface area contributed by atoms with Crippen LogP contribution in [-0.4, -0.2) is 59.6 Å². The highest BCUT2D eigenvalue weighted by Gasteiger charge is 2.32. The Balaban J connectivity index is 1.78. The third-order valence-electron chi connectivity index (χ3n) is 6.97. The number of anilines is 2. The van der Waals surface area contributed by atoms with E-state index in [0.717, 1.165) is 18.2 Å². The number of pyridine rings is 1. The van der Waals surface area contributed by atoms with Crippen molar-refractivity contribution in [3.8, 4) is 22.3 Å². The van der Waals surface area contributed by atoms with Crippen molar-refractivity contribution >= 4 is 32.7 Å². The summed E-state index contributed by atoms with van der Waals surface area (Å²) < 4.78 is 88.8. The molecule has 0 radical (unpaired) electrons. The van der Waals surface area contributed by atoms with Crippen LogP contribution in [0.2, 0.25) is 0 Å². The fourth-order valence-corrected chi connectivity index (χ4v) is 5.71. The normalized spacial score (nSPS) is 17.4. The molecule has 1 fully saturated rings. The van der Waals surface area contributed by atoms with Crippen molar-refractivity contribution in [2.45, 2.75) is 38.5 Å². The largest absolute Gasteiger partial charge is 0.392 e. The number of benzene rings is 2. The van der Waals surface area contributed by atoms with Crippen LogP contribution in [0.15, 0.2) is 41.3 Å². The lowest BCUT2D eigenvalue weighted by atomic mass is 9.92. The number of sulfonamides is 1. The van der Waals surface area contributed by atoms with Gasteiger partial charge in [-0.15, -0.1) is 0 Å². The van der Waals surface area contributed by atoms with Crippen molar-refractivity contribution < 1.29 is 31.1 Å². The molecule has 1 aliphatic heterocycles. The van der Waals surface area contributed by atoms with Crippen molar-refractivity contribution in [1.82, 2.24) is 19.9 Å². The quantitative estimate of drug-likeness (QED) is 0.181. The van der Waals surface area contributed by atoms with Gasteiger partial charge >= 0.3 is 0 Å². The van der Waals surface area contributed by atoms with Crippen LogP contribution in [0.25, 0.3) is 33.3 Å². The Morgan fingerprint density at radius 1 is 1.05 bits per heavy atom. The van der Waals surface area contributed by atoms with Crippen LogP contribution in [0, 0.1) is 23.3 Å². The highest BCUT2D eigenvalue weighted by atomic mass is 32.2. The number of hydrogen-bond acceptors (Lipinski definition) is 8. The number of β-amino-alcohol motifs (C(OH)–C–C–N with tert-alkyl or cyclic N) is 1. The molecule has 5 rings (SSSR count). The molecule has 15 heteroatoms. The highest BCUT2D eigenvalue weighted by Crippen LogP contribution is 2.42. The summed E-state index contributed by atoms with van der Waals surface area (Å²) in [6.07, 6.45) is 1.82. The second-order valence-corrected chi connectivity index (χ2v) is 12.4. The van der Waals surface area contributed by atoms with Crippen LogP contribution in [-0.2, 0) is 10.0 Å². The number of nitrogens with zero attached hydrogens (tertiary/aromatic N) is 3. The van der Waals surface area contributed by atoms with Gasteiger partial charge in [-0.05, 0) is 32.4 Å². The van der Waals surface area contributed by atoms with Crippen molar-refractivity contribution in [2.75, 3.05) is 29.4 Å². The lowest BCUT2D eigenvalue weighted by molar-refractivity contribution is 0.136. The molecule has 0 unspecified atom stereocenters. The van der Waals surface area contributed by atoms with Gasteiger partial charge in [-0.1, -0.05) is 18.2 Å². The van der Waals surface area contributed by atoms with Gasteiger partial charge in [0.1, 0.15) is 17.2 Å². The molecule has 0 bridgehead atoms. The molecule has 1 saturated heterocycles. The van der Waals surface area contributed by atoms with Crippen LogP contribution in [0.3, 0.4) is 0 Å². The van der Waals surface area contributed by atoms with Crippen LogP contribution < -0.4 is 20.9 Å². The minimum absolute atomic E-state index is 0.134. The van der Waals surface area contributed by atoms with Gasteiger partial charge in [0, 0.05) is 53.4 Å². The van der Waals surface area contributed by atoms with Crippen LogP contribution in [0.1, 0.15) is 26.3 Å². The van der Waals surface area contributed by atoms with Crippen molar-refractivity contribution in [3.05, 3.63) is 70.2 Å². The van der Waals surface area contributed by atoms with Gasteiger partial charge in [-0.2, -0.15) is 4.98 Å². The van der Waals surface area contributed by atoms with E-state index >= 15 is 17.6 Å². The number of rotatable bonds is 7. The molecule has 3 heterocycles. The van der Waals surface area contributed by atoms with Gasteiger partial charge in [0.05, 0.1) is 17.9 Å².